The molecule has 7 nitrogen and oxygen atoms in total. The van der Waals surface area contributed by atoms with Crippen LogP contribution in [0.25, 0.3) is 0 Å². The monoisotopic (exact) mass is 458 g/mol. The van der Waals surface area contributed by atoms with Crippen molar-refractivity contribution >= 4 is 11.8 Å². The lowest BCUT2D eigenvalue weighted by Gasteiger charge is -2.21. The fraction of sp³-hybridized carbons (Fsp3) is 0.154. The van der Waals surface area contributed by atoms with E-state index in [4.69, 9.17) is 4.74 Å². The van der Waals surface area contributed by atoms with E-state index in [1.807, 2.05) is 42.5 Å². The van der Waals surface area contributed by atoms with Gasteiger partial charge in [0, 0.05) is 24.9 Å². The van der Waals surface area contributed by atoms with Gasteiger partial charge >= 0.3 is 12.0 Å². The van der Waals surface area contributed by atoms with Gasteiger partial charge in [0.1, 0.15) is 17.4 Å². The van der Waals surface area contributed by atoms with Gasteiger partial charge in [-0.15, -0.1) is 0 Å². The highest BCUT2D eigenvalue weighted by molar-refractivity contribution is 5.71. The SMILES string of the molecule is CC(C(=O)O)C(c1ccc(F)cc1)c1ccnc(Oc2ccc(CNc3ccccn3)cc2)n1. The van der Waals surface area contributed by atoms with E-state index >= 15 is 0 Å². The zero-order valence-electron chi connectivity index (χ0n) is 18.4. The number of carboxylic acids is 1. The van der Waals surface area contributed by atoms with Crippen molar-refractivity contribution in [2.24, 2.45) is 5.92 Å². The number of ether oxygens (including phenoxy) is 1. The van der Waals surface area contributed by atoms with Crippen LogP contribution in [-0.2, 0) is 11.3 Å². The van der Waals surface area contributed by atoms with E-state index in [-0.39, 0.29) is 6.01 Å². The maximum atomic E-state index is 13.4. The predicted molar refractivity (Wildman–Crippen MR) is 125 cm³/mol. The summed E-state index contributed by atoms with van der Waals surface area (Å²) >= 11 is 0. The molecule has 0 radical (unpaired) electrons. The molecule has 8 heteroatoms. The summed E-state index contributed by atoms with van der Waals surface area (Å²) in [6.45, 7) is 2.20. The maximum Gasteiger partial charge on any atom is 0.322 e. The molecular formula is C26H23FN4O3. The Balaban J connectivity index is 1.49. The minimum absolute atomic E-state index is 0.0987. The Bertz CT molecular complexity index is 1240. The first-order valence-electron chi connectivity index (χ1n) is 10.7. The van der Waals surface area contributed by atoms with Crippen molar-refractivity contribution in [3.8, 4) is 11.8 Å². The van der Waals surface area contributed by atoms with Gasteiger partial charge in [-0.05, 0) is 53.6 Å². The van der Waals surface area contributed by atoms with Gasteiger partial charge in [0.2, 0.25) is 0 Å². The fourth-order valence-corrected chi connectivity index (χ4v) is 3.55. The summed E-state index contributed by atoms with van der Waals surface area (Å²) in [5.41, 5.74) is 2.16. The van der Waals surface area contributed by atoms with Gasteiger partial charge in [0.15, 0.2) is 0 Å². The molecule has 2 aromatic heterocycles. The van der Waals surface area contributed by atoms with Crippen LogP contribution < -0.4 is 10.1 Å². The molecule has 172 valence electrons. The number of aromatic nitrogens is 3. The molecule has 4 rings (SSSR count). The molecular weight excluding hydrogens is 435 g/mol. The zero-order valence-corrected chi connectivity index (χ0v) is 18.4. The van der Waals surface area contributed by atoms with Crippen molar-refractivity contribution in [3.63, 3.8) is 0 Å². The van der Waals surface area contributed by atoms with Crippen LogP contribution in [0.4, 0.5) is 10.2 Å². The number of rotatable bonds is 9. The van der Waals surface area contributed by atoms with Gasteiger partial charge in [-0.1, -0.05) is 37.3 Å². The molecule has 2 aromatic carbocycles. The minimum atomic E-state index is -0.981. The summed E-state index contributed by atoms with van der Waals surface area (Å²) in [4.78, 5) is 24.6. The molecule has 0 aliphatic heterocycles. The normalized spacial score (nSPS) is 12.5. The van der Waals surface area contributed by atoms with Crippen molar-refractivity contribution in [2.75, 3.05) is 5.32 Å². The molecule has 4 aromatic rings. The van der Waals surface area contributed by atoms with Crippen LogP contribution in [-0.4, -0.2) is 26.0 Å². The number of carboxylic acid groups (broad SMARTS) is 1. The fourth-order valence-electron chi connectivity index (χ4n) is 3.55. The number of hydrogen-bond acceptors (Lipinski definition) is 6. The Morgan fingerprint density at radius 1 is 1.00 bits per heavy atom. The van der Waals surface area contributed by atoms with Gasteiger partial charge in [-0.3, -0.25) is 4.79 Å². The lowest BCUT2D eigenvalue weighted by atomic mass is 9.84. The summed E-state index contributed by atoms with van der Waals surface area (Å²) in [6.07, 6.45) is 3.25. The number of carbonyl (C=O) groups is 1. The molecule has 0 aliphatic carbocycles. The first-order valence-corrected chi connectivity index (χ1v) is 10.7. The smallest absolute Gasteiger partial charge is 0.322 e. The largest absolute Gasteiger partial charge is 0.481 e. The van der Waals surface area contributed by atoms with Crippen molar-refractivity contribution in [3.05, 3.63) is 108 Å². The van der Waals surface area contributed by atoms with Gasteiger partial charge in [-0.2, -0.15) is 4.98 Å². The topological polar surface area (TPSA) is 97.2 Å². The Morgan fingerprint density at radius 3 is 2.44 bits per heavy atom. The Morgan fingerprint density at radius 2 is 1.76 bits per heavy atom. The average molecular weight is 458 g/mol. The second kappa shape index (κ2) is 10.5. The van der Waals surface area contributed by atoms with Crippen molar-refractivity contribution in [1.29, 1.82) is 0 Å². The van der Waals surface area contributed by atoms with E-state index in [2.05, 4.69) is 20.3 Å². The quantitative estimate of drug-likeness (QED) is 0.353. The molecule has 0 aliphatic rings. The van der Waals surface area contributed by atoms with Gasteiger partial charge in [0.25, 0.3) is 0 Å². The van der Waals surface area contributed by atoms with E-state index < -0.39 is 23.6 Å². The number of halogens is 1. The number of benzene rings is 2. The summed E-state index contributed by atoms with van der Waals surface area (Å²) in [5, 5.41) is 12.9. The molecule has 0 saturated carbocycles. The van der Waals surface area contributed by atoms with Crippen LogP contribution in [0.15, 0.2) is 85.2 Å². The van der Waals surface area contributed by atoms with Crippen molar-refractivity contribution in [2.45, 2.75) is 19.4 Å². The van der Waals surface area contributed by atoms with Gasteiger partial charge in [0.05, 0.1) is 11.6 Å². The van der Waals surface area contributed by atoms with Crippen LogP contribution in [0.2, 0.25) is 0 Å². The second-order valence-corrected chi connectivity index (χ2v) is 7.73. The number of anilines is 1. The molecule has 0 bridgehead atoms. The maximum absolute atomic E-state index is 13.4. The molecule has 2 unspecified atom stereocenters. The highest BCUT2D eigenvalue weighted by Crippen LogP contribution is 2.32. The third kappa shape index (κ3) is 5.72. The molecule has 2 N–H and O–H groups in total. The molecule has 0 saturated heterocycles. The number of pyridine rings is 1. The lowest BCUT2D eigenvalue weighted by molar-refractivity contribution is -0.141. The molecule has 2 heterocycles. The number of nitrogens with zero attached hydrogens (tertiary/aromatic N) is 3. The predicted octanol–water partition coefficient (Wildman–Crippen LogP) is 5.27. The summed E-state index contributed by atoms with van der Waals surface area (Å²) in [6, 6.07) is 20.6. The van der Waals surface area contributed by atoms with Gasteiger partial charge in [-0.25, -0.2) is 14.4 Å². The first kappa shape index (κ1) is 22.8. The number of nitrogens with one attached hydrogen (secondary N) is 1. The standard InChI is InChI=1S/C26H23FN4O3/c1-17(25(32)33)24(19-7-9-20(27)10-8-19)22-13-15-29-26(31-22)34-21-11-5-18(6-12-21)16-30-23-4-2-3-14-28-23/h2-15,17,24H,16H2,1H3,(H,28,30)(H,32,33). The van der Waals surface area contributed by atoms with Crippen LogP contribution in [0, 0.1) is 11.7 Å². The molecule has 0 fully saturated rings. The third-order valence-electron chi connectivity index (χ3n) is 5.36. The molecule has 2 atom stereocenters. The Hall–Kier alpha value is -4.33. The van der Waals surface area contributed by atoms with Gasteiger partial charge < -0.3 is 15.2 Å². The van der Waals surface area contributed by atoms with Crippen LogP contribution >= 0.6 is 0 Å². The first-order chi connectivity index (χ1) is 16.5. The van der Waals surface area contributed by atoms with Crippen LogP contribution in [0.5, 0.6) is 11.8 Å². The van der Waals surface area contributed by atoms with E-state index in [1.54, 1.807) is 31.3 Å². The molecule has 0 amide bonds. The van der Waals surface area contributed by atoms with Crippen molar-refractivity contribution in [1.82, 2.24) is 15.0 Å². The summed E-state index contributed by atoms with van der Waals surface area (Å²) in [5.74, 6) is -1.42. The van der Waals surface area contributed by atoms with E-state index in [0.29, 0.717) is 23.6 Å². The molecule has 0 spiro atoms. The zero-order chi connectivity index (χ0) is 23.9. The van der Waals surface area contributed by atoms with Crippen LogP contribution in [0.3, 0.4) is 0 Å². The molecule has 34 heavy (non-hydrogen) atoms. The summed E-state index contributed by atoms with van der Waals surface area (Å²) < 4.78 is 19.2. The number of hydrogen-bond donors (Lipinski definition) is 2. The summed E-state index contributed by atoms with van der Waals surface area (Å²) in [7, 11) is 0. The average Bonchev–Trinajstić information content (AvgIpc) is 2.86. The highest BCUT2D eigenvalue weighted by atomic mass is 19.1. The van der Waals surface area contributed by atoms with Crippen molar-refractivity contribution < 1.29 is 19.0 Å². The Labute approximate surface area is 196 Å². The Kier molecular flexibility index (Phi) is 7.07. The highest BCUT2D eigenvalue weighted by Gasteiger charge is 2.28. The number of aliphatic carboxylic acids is 1. The van der Waals surface area contributed by atoms with Crippen LogP contribution in [0.1, 0.15) is 29.7 Å². The third-order valence-corrected chi connectivity index (χ3v) is 5.36. The minimum Gasteiger partial charge on any atom is -0.481 e. The van der Waals surface area contributed by atoms with E-state index in [9.17, 15) is 14.3 Å². The van der Waals surface area contributed by atoms with E-state index in [1.165, 1.54) is 18.3 Å². The second-order valence-electron chi connectivity index (χ2n) is 7.73. The lowest BCUT2D eigenvalue weighted by Crippen LogP contribution is -2.21. The van der Waals surface area contributed by atoms with E-state index in [0.717, 1.165) is 11.4 Å².